The molecule has 0 aliphatic heterocycles. The third kappa shape index (κ3) is 2.96. The molecule has 0 radical (unpaired) electrons. The summed E-state index contributed by atoms with van der Waals surface area (Å²) in [6, 6.07) is 18.3. The van der Waals surface area contributed by atoms with Crippen LogP contribution in [0.15, 0.2) is 54.6 Å². The van der Waals surface area contributed by atoms with Gasteiger partial charge in [0, 0.05) is 10.9 Å². The monoisotopic (exact) mass is 385 g/mol. The van der Waals surface area contributed by atoms with Crippen molar-refractivity contribution >= 4 is 27.8 Å². The Labute approximate surface area is 169 Å². The minimum Gasteiger partial charge on any atom is -0.507 e. The number of ether oxygens (including phenoxy) is 1. The summed E-state index contributed by atoms with van der Waals surface area (Å²) in [4.78, 5) is 15.7. The van der Waals surface area contributed by atoms with Gasteiger partial charge in [-0.1, -0.05) is 36.4 Å². The number of aromatic nitrogens is 1. The standard InChI is InChI=1S/C25H23NO3/c1-29-25(28)19-8-5-9-20-22(19)23-21(26-20)14-17-13-16(10-11-18(17)24(23)27)12-15-6-3-2-4-7-15/h2-9,14,16,26-27H,10-13H2,1H3. The summed E-state index contributed by atoms with van der Waals surface area (Å²) in [6.45, 7) is 0. The Balaban J connectivity index is 1.60. The summed E-state index contributed by atoms with van der Waals surface area (Å²) in [5, 5.41) is 12.6. The van der Waals surface area contributed by atoms with Crippen molar-refractivity contribution in [2.24, 2.45) is 5.92 Å². The molecule has 1 heterocycles. The van der Waals surface area contributed by atoms with Crippen LogP contribution in [0.4, 0.5) is 0 Å². The van der Waals surface area contributed by atoms with Gasteiger partial charge in [0.15, 0.2) is 0 Å². The van der Waals surface area contributed by atoms with Crippen LogP contribution < -0.4 is 0 Å². The second kappa shape index (κ2) is 6.96. The smallest absolute Gasteiger partial charge is 0.338 e. The van der Waals surface area contributed by atoms with Gasteiger partial charge in [0.2, 0.25) is 0 Å². The van der Waals surface area contributed by atoms with Gasteiger partial charge in [-0.05, 0) is 66.5 Å². The highest BCUT2D eigenvalue weighted by atomic mass is 16.5. The van der Waals surface area contributed by atoms with Crippen LogP contribution in [-0.4, -0.2) is 23.2 Å². The van der Waals surface area contributed by atoms with Gasteiger partial charge in [-0.3, -0.25) is 0 Å². The number of esters is 1. The average Bonchev–Trinajstić information content (AvgIpc) is 3.12. The van der Waals surface area contributed by atoms with E-state index in [-0.39, 0.29) is 0 Å². The second-order valence-electron chi connectivity index (χ2n) is 7.93. The Morgan fingerprint density at radius 2 is 1.93 bits per heavy atom. The number of aromatic amines is 1. The Kier molecular flexibility index (Phi) is 4.27. The highest BCUT2D eigenvalue weighted by molar-refractivity contribution is 6.18. The minimum absolute atomic E-state index is 0.304. The van der Waals surface area contributed by atoms with E-state index in [9.17, 15) is 9.90 Å². The van der Waals surface area contributed by atoms with Gasteiger partial charge < -0.3 is 14.8 Å². The molecule has 1 atom stereocenters. The molecule has 3 aromatic carbocycles. The maximum Gasteiger partial charge on any atom is 0.338 e. The van der Waals surface area contributed by atoms with E-state index in [1.54, 1.807) is 6.07 Å². The number of carbonyl (C=O) groups is 1. The highest BCUT2D eigenvalue weighted by Crippen LogP contribution is 2.42. The van der Waals surface area contributed by atoms with E-state index in [4.69, 9.17) is 4.74 Å². The molecule has 4 aromatic rings. The maximum atomic E-state index is 12.3. The van der Waals surface area contributed by atoms with Crippen molar-refractivity contribution < 1.29 is 14.6 Å². The molecule has 0 fully saturated rings. The maximum absolute atomic E-state index is 12.3. The predicted octanol–water partition coefficient (Wildman–Crippen LogP) is 5.16. The second-order valence-corrected chi connectivity index (χ2v) is 7.93. The van der Waals surface area contributed by atoms with E-state index in [2.05, 4.69) is 35.3 Å². The number of nitrogens with one attached hydrogen (secondary N) is 1. The summed E-state index contributed by atoms with van der Waals surface area (Å²) < 4.78 is 4.95. The predicted molar refractivity (Wildman–Crippen MR) is 114 cm³/mol. The van der Waals surface area contributed by atoms with Crippen LogP contribution >= 0.6 is 0 Å². The number of rotatable bonds is 3. The lowest BCUT2D eigenvalue weighted by molar-refractivity contribution is 0.0603. The number of methoxy groups -OCH3 is 1. The Morgan fingerprint density at radius 3 is 2.72 bits per heavy atom. The van der Waals surface area contributed by atoms with Crippen LogP contribution in [0.1, 0.15) is 33.5 Å². The van der Waals surface area contributed by atoms with Gasteiger partial charge in [-0.25, -0.2) is 4.79 Å². The SMILES string of the molecule is COC(=O)c1cccc2[nH]c3cc4c(c(O)c3c12)CCC(Cc1ccccc1)C4. The summed E-state index contributed by atoms with van der Waals surface area (Å²) in [7, 11) is 1.38. The summed E-state index contributed by atoms with van der Waals surface area (Å²) >= 11 is 0. The van der Waals surface area contributed by atoms with Gasteiger partial charge in [0.25, 0.3) is 0 Å². The molecule has 1 aliphatic rings. The molecule has 0 saturated heterocycles. The average molecular weight is 385 g/mol. The molecular formula is C25H23NO3. The molecule has 29 heavy (non-hydrogen) atoms. The molecule has 0 bridgehead atoms. The first kappa shape index (κ1) is 17.8. The Bertz CT molecular complexity index is 1220. The first-order chi connectivity index (χ1) is 14.2. The first-order valence-corrected chi connectivity index (χ1v) is 10.1. The third-order valence-corrected chi connectivity index (χ3v) is 6.17. The quantitative estimate of drug-likeness (QED) is 0.479. The molecule has 1 unspecified atom stereocenters. The topological polar surface area (TPSA) is 62.3 Å². The zero-order chi connectivity index (χ0) is 20.0. The minimum atomic E-state index is -0.392. The van der Waals surface area contributed by atoms with E-state index >= 15 is 0 Å². The fraction of sp³-hybridized carbons (Fsp3) is 0.240. The van der Waals surface area contributed by atoms with Crippen LogP contribution in [-0.2, 0) is 24.0 Å². The van der Waals surface area contributed by atoms with Crippen LogP contribution in [0.25, 0.3) is 21.8 Å². The van der Waals surface area contributed by atoms with Gasteiger partial charge in [0.05, 0.1) is 23.6 Å². The highest BCUT2D eigenvalue weighted by Gasteiger charge is 2.25. The third-order valence-electron chi connectivity index (χ3n) is 6.17. The van der Waals surface area contributed by atoms with Crippen molar-refractivity contribution in [3.05, 3.63) is 76.9 Å². The fourth-order valence-corrected chi connectivity index (χ4v) is 4.81. The van der Waals surface area contributed by atoms with Crippen molar-refractivity contribution in [3.63, 3.8) is 0 Å². The molecule has 5 rings (SSSR count). The van der Waals surface area contributed by atoms with Gasteiger partial charge in [0.1, 0.15) is 5.75 Å². The van der Waals surface area contributed by atoms with E-state index in [1.807, 2.05) is 18.2 Å². The number of hydrogen-bond donors (Lipinski definition) is 2. The Morgan fingerprint density at radius 1 is 1.10 bits per heavy atom. The van der Waals surface area contributed by atoms with Crippen LogP contribution in [0.2, 0.25) is 0 Å². The number of phenols is 1. The van der Waals surface area contributed by atoms with E-state index in [0.29, 0.717) is 17.2 Å². The lowest BCUT2D eigenvalue weighted by Gasteiger charge is -2.26. The van der Waals surface area contributed by atoms with Gasteiger partial charge in [-0.15, -0.1) is 0 Å². The lowest BCUT2D eigenvalue weighted by Crippen LogP contribution is -2.16. The normalized spacial score (nSPS) is 16.1. The molecule has 4 nitrogen and oxygen atoms in total. The molecule has 4 heteroatoms. The number of benzene rings is 3. The van der Waals surface area contributed by atoms with Crippen molar-refractivity contribution in [1.82, 2.24) is 4.98 Å². The molecule has 2 N–H and O–H groups in total. The number of fused-ring (bicyclic) bond motifs is 4. The Hall–Kier alpha value is -3.27. The van der Waals surface area contributed by atoms with Crippen molar-refractivity contribution in [1.29, 1.82) is 0 Å². The molecule has 0 spiro atoms. The first-order valence-electron chi connectivity index (χ1n) is 10.1. The molecule has 0 amide bonds. The van der Waals surface area contributed by atoms with Crippen LogP contribution in [0.5, 0.6) is 5.75 Å². The molecule has 1 aliphatic carbocycles. The number of H-pyrrole nitrogens is 1. The van der Waals surface area contributed by atoms with Gasteiger partial charge >= 0.3 is 5.97 Å². The van der Waals surface area contributed by atoms with Crippen LogP contribution in [0.3, 0.4) is 0 Å². The number of hydrogen-bond acceptors (Lipinski definition) is 3. The molecule has 1 aromatic heterocycles. The van der Waals surface area contributed by atoms with Crippen molar-refractivity contribution in [2.75, 3.05) is 7.11 Å². The molecule has 0 saturated carbocycles. The largest absolute Gasteiger partial charge is 0.507 e. The van der Waals surface area contributed by atoms with Crippen molar-refractivity contribution in [3.8, 4) is 5.75 Å². The molecular weight excluding hydrogens is 362 g/mol. The number of aromatic hydroxyl groups is 1. The van der Waals surface area contributed by atoms with E-state index in [0.717, 1.165) is 53.1 Å². The fourth-order valence-electron chi connectivity index (χ4n) is 4.81. The lowest BCUT2D eigenvalue weighted by atomic mass is 9.80. The zero-order valence-corrected chi connectivity index (χ0v) is 16.4. The molecule has 146 valence electrons. The van der Waals surface area contributed by atoms with Gasteiger partial charge in [-0.2, -0.15) is 0 Å². The van der Waals surface area contributed by atoms with E-state index < -0.39 is 5.97 Å². The number of carbonyl (C=O) groups excluding carboxylic acids is 1. The summed E-state index contributed by atoms with van der Waals surface area (Å²) in [5.41, 5.74) is 5.76. The van der Waals surface area contributed by atoms with Crippen LogP contribution in [0, 0.1) is 5.92 Å². The van der Waals surface area contributed by atoms with Crippen molar-refractivity contribution in [2.45, 2.75) is 25.7 Å². The summed E-state index contributed by atoms with van der Waals surface area (Å²) in [6.07, 6.45) is 3.90. The zero-order valence-electron chi connectivity index (χ0n) is 16.4. The summed E-state index contributed by atoms with van der Waals surface area (Å²) in [5.74, 6) is 0.478. The van der Waals surface area contributed by atoms with E-state index in [1.165, 1.54) is 18.2 Å². The number of phenolic OH excluding ortho intramolecular Hbond substituents is 1.